The molecule has 0 radical (unpaired) electrons. The SMILES string of the molecule is COc1ccc(F)c(CN2CC(=O)N(c3ccccc3C)C[C@@H]2C)c1. The third kappa shape index (κ3) is 3.66. The van der Waals surface area contributed by atoms with Crippen molar-refractivity contribution < 1.29 is 13.9 Å². The van der Waals surface area contributed by atoms with Gasteiger partial charge in [0.25, 0.3) is 0 Å². The highest BCUT2D eigenvalue weighted by Crippen LogP contribution is 2.25. The number of hydrogen-bond acceptors (Lipinski definition) is 3. The Bertz CT molecular complexity index is 778. The predicted octanol–water partition coefficient (Wildman–Crippen LogP) is 3.38. The van der Waals surface area contributed by atoms with Gasteiger partial charge in [-0.05, 0) is 43.7 Å². The zero-order chi connectivity index (χ0) is 18.0. The Balaban J connectivity index is 1.77. The number of para-hydroxylation sites is 1. The van der Waals surface area contributed by atoms with Crippen molar-refractivity contribution >= 4 is 11.6 Å². The molecule has 0 saturated carbocycles. The minimum atomic E-state index is -0.276. The molecule has 5 heteroatoms. The second kappa shape index (κ2) is 7.23. The molecule has 1 saturated heterocycles. The fraction of sp³-hybridized carbons (Fsp3) is 0.350. The lowest BCUT2D eigenvalue weighted by Crippen LogP contribution is -2.55. The van der Waals surface area contributed by atoms with Crippen LogP contribution in [0, 0.1) is 12.7 Å². The molecule has 1 aliphatic heterocycles. The van der Waals surface area contributed by atoms with Gasteiger partial charge in [-0.15, -0.1) is 0 Å². The molecule has 4 nitrogen and oxygen atoms in total. The number of piperazine rings is 1. The Morgan fingerprint density at radius 1 is 1.24 bits per heavy atom. The molecular weight excluding hydrogens is 319 g/mol. The number of halogens is 1. The molecule has 25 heavy (non-hydrogen) atoms. The van der Waals surface area contributed by atoms with Gasteiger partial charge in [-0.1, -0.05) is 18.2 Å². The monoisotopic (exact) mass is 342 g/mol. The van der Waals surface area contributed by atoms with E-state index in [4.69, 9.17) is 4.74 Å². The van der Waals surface area contributed by atoms with E-state index in [1.165, 1.54) is 6.07 Å². The minimum absolute atomic E-state index is 0.0377. The van der Waals surface area contributed by atoms with Crippen LogP contribution in [0.25, 0.3) is 0 Å². The van der Waals surface area contributed by atoms with Crippen LogP contribution in [-0.2, 0) is 11.3 Å². The molecule has 1 aliphatic rings. The lowest BCUT2D eigenvalue weighted by Gasteiger charge is -2.40. The number of amides is 1. The third-order valence-electron chi connectivity index (χ3n) is 4.74. The van der Waals surface area contributed by atoms with Gasteiger partial charge in [0.15, 0.2) is 0 Å². The van der Waals surface area contributed by atoms with Crippen LogP contribution in [0.4, 0.5) is 10.1 Å². The summed E-state index contributed by atoms with van der Waals surface area (Å²) in [6.07, 6.45) is 0. The van der Waals surface area contributed by atoms with E-state index in [0.717, 1.165) is 11.3 Å². The van der Waals surface area contributed by atoms with E-state index < -0.39 is 0 Å². The summed E-state index contributed by atoms with van der Waals surface area (Å²) in [4.78, 5) is 16.5. The van der Waals surface area contributed by atoms with Crippen LogP contribution in [0.15, 0.2) is 42.5 Å². The maximum absolute atomic E-state index is 14.1. The maximum atomic E-state index is 14.1. The van der Waals surface area contributed by atoms with Gasteiger partial charge in [-0.2, -0.15) is 0 Å². The van der Waals surface area contributed by atoms with Gasteiger partial charge in [0.05, 0.1) is 13.7 Å². The van der Waals surface area contributed by atoms with E-state index in [9.17, 15) is 9.18 Å². The number of hydrogen-bond donors (Lipinski definition) is 0. The van der Waals surface area contributed by atoms with E-state index in [0.29, 0.717) is 24.4 Å². The van der Waals surface area contributed by atoms with Crippen LogP contribution >= 0.6 is 0 Å². The van der Waals surface area contributed by atoms with Gasteiger partial charge in [-0.3, -0.25) is 9.69 Å². The van der Waals surface area contributed by atoms with Crippen LogP contribution in [0.5, 0.6) is 5.75 Å². The van der Waals surface area contributed by atoms with Crippen molar-refractivity contribution in [1.29, 1.82) is 0 Å². The quantitative estimate of drug-likeness (QED) is 0.854. The van der Waals surface area contributed by atoms with Crippen LogP contribution in [0.3, 0.4) is 0 Å². The fourth-order valence-corrected chi connectivity index (χ4v) is 3.23. The first kappa shape index (κ1) is 17.4. The highest BCUT2D eigenvalue weighted by Gasteiger charge is 2.31. The van der Waals surface area contributed by atoms with Gasteiger partial charge < -0.3 is 9.64 Å². The minimum Gasteiger partial charge on any atom is -0.497 e. The van der Waals surface area contributed by atoms with Crippen LogP contribution in [0.2, 0.25) is 0 Å². The third-order valence-corrected chi connectivity index (χ3v) is 4.74. The zero-order valence-electron chi connectivity index (χ0n) is 14.8. The lowest BCUT2D eigenvalue weighted by molar-refractivity contribution is -0.122. The molecule has 0 bridgehead atoms. The first-order chi connectivity index (χ1) is 12.0. The first-order valence-electron chi connectivity index (χ1n) is 8.42. The molecule has 132 valence electrons. The molecule has 2 aromatic carbocycles. The summed E-state index contributed by atoms with van der Waals surface area (Å²) in [5, 5.41) is 0. The van der Waals surface area contributed by atoms with Gasteiger partial charge >= 0.3 is 0 Å². The van der Waals surface area contributed by atoms with Crippen molar-refractivity contribution in [2.75, 3.05) is 25.1 Å². The smallest absolute Gasteiger partial charge is 0.241 e. The number of carbonyl (C=O) groups excluding carboxylic acids is 1. The zero-order valence-corrected chi connectivity index (χ0v) is 14.8. The summed E-state index contributed by atoms with van der Waals surface area (Å²) in [5.74, 6) is 0.381. The molecule has 1 fully saturated rings. The van der Waals surface area contributed by atoms with Crippen molar-refractivity contribution in [3.05, 3.63) is 59.4 Å². The number of benzene rings is 2. The molecular formula is C20H23FN2O2. The molecule has 1 amide bonds. The largest absolute Gasteiger partial charge is 0.497 e. The van der Waals surface area contributed by atoms with E-state index in [-0.39, 0.29) is 24.3 Å². The molecule has 1 heterocycles. The van der Waals surface area contributed by atoms with E-state index in [1.54, 1.807) is 19.2 Å². The number of carbonyl (C=O) groups is 1. The average Bonchev–Trinajstić information content (AvgIpc) is 2.60. The Kier molecular flexibility index (Phi) is 5.04. The fourth-order valence-electron chi connectivity index (χ4n) is 3.23. The van der Waals surface area contributed by atoms with Crippen molar-refractivity contribution in [2.45, 2.75) is 26.4 Å². The molecule has 0 unspecified atom stereocenters. The Hall–Kier alpha value is -2.40. The van der Waals surface area contributed by atoms with Crippen molar-refractivity contribution in [3.63, 3.8) is 0 Å². The summed E-state index contributed by atoms with van der Waals surface area (Å²) >= 11 is 0. The summed E-state index contributed by atoms with van der Waals surface area (Å²) in [6.45, 7) is 5.32. The molecule has 0 N–H and O–H groups in total. The lowest BCUT2D eigenvalue weighted by atomic mass is 10.1. The number of methoxy groups -OCH3 is 1. The van der Waals surface area contributed by atoms with Crippen molar-refractivity contribution in [2.24, 2.45) is 0 Å². The summed E-state index contributed by atoms with van der Waals surface area (Å²) in [5.41, 5.74) is 2.57. The molecule has 3 rings (SSSR count). The van der Waals surface area contributed by atoms with Crippen molar-refractivity contribution in [3.8, 4) is 5.75 Å². The van der Waals surface area contributed by atoms with Crippen LogP contribution in [-0.4, -0.2) is 37.0 Å². The summed E-state index contributed by atoms with van der Waals surface area (Å²) in [6, 6.07) is 12.7. The number of rotatable bonds is 4. The Morgan fingerprint density at radius 2 is 2.00 bits per heavy atom. The number of ether oxygens (including phenoxy) is 1. The van der Waals surface area contributed by atoms with Crippen LogP contribution < -0.4 is 9.64 Å². The Labute approximate surface area is 147 Å². The van der Waals surface area contributed by atoms with E-state index in [2.05, 4.69) is 6.92 Å². The molecule has 1 atom stereocenters. The maximum Gasteiger partial charge on any atom is 0.241 e. The summed E-state index contributed by atoms with van der Waals surface area (Å²) in [7, 11) is 1.56. The van der Waals surface area contributed by atoms with Crippen molar-refractivity contribution in [1.82, 2.24) is 4.90 Å². The average molecular weight is 342 g/mol. The normalized spacial score (nSPS) is 18.5. The second-order valence-corrected chi connectivity index (χ2v) is 6.50. The number of anilines is 1. The highest BCUT2D eigenvalue weighted by molar-refractivity contribution is 5.96. The van der Waals surface area contributed by atoms with Gasteiger partial charge in [-0.25, -0.2) is 4.39 Å². The van der Waals surface area contributed by atoms with Gasteiger partial charge in [0.1, 0.15) is 11.6 Å². The number of nitrogens with zero attached hydrogens (tertiary/aromatic N) is 2. The summed E-state index contributed by atoms with van der Waals surface area (Å²) < 4.78 is 19.3. The highest BCUT2D eigenvalue weighted by atomic mass is 19.1. The van der Waals surface area contributed by atoms with E-state index >= 15 is 0 Å². The number of aryl methyl sites for hydroxylation is 1. The molecule has 2 aromatic rings. The molecule has 0 spiro atoms. The Morgan fingerprint density at radius 3 is 2.72 bits per heavy atom. The topological polar surface area (TPSA) is 32.8 Å². The molecule has 0 aromatic heterocycles. The van der Waals surface area contributed by atoms with E-state index in [1.807, 2.05) is 41.0 Å². The van der Waals surface area contributed by atoms with Crippen LogP contribution in [0.1, 0.15) is 18.1 Å². The van der Waals surface area contributed by atoms with Gasteiger partial charge in [0.2, 0.25) is 5.91 Å². The second-order valence-electron chi connectivity index (χ2n) is 6.50. The molecule has 0 aliphatic carbocycles. The predicted molar refractivity (Wildman–Crippen MR) is 96.4 cm³/mol. The first-order valence-corrected chi connectivity index (χ1v) is 8.42. The van der Waals surface area contributed by atoms with Gasteiger partial charge in [0, 0.05) is 30.4 Å². The standard InChI is InChI=1S/C20H23FN2O2/c1-14-6-4-5-7-19(14)23-11-15(2)22(13-20(23)24)12-16-10-17(25-3)8-9-18(16)21/h4-10,15H,11-13H2,1-3H3/t15-/m0/s1.